The third-order valence-corrected chi connectivity index (χ3v) is 5.05. The summed E-state index contributed by atoms with van der Waals surface area (Å²) < 4.78 is 31.1. The number of methoxy groups -OCH3 is 1. The first-order valence-corrected chi connectivity index (χ1v) is 8.14. The average molecular weight is 285 g/mol. The van der Waals surface area contributed by atoms with E-state index in [1.54, 1.807) is 4.31 Å². The first-order valence-electron chi connectivity index (χ1n) is 6.53. The molecule has 0 aromatic heterocycles. The fraction of sp³-hybridized carbons (Fsp3) is 0.571. The van der Waals surface area contributed by atoms with Crippen LogP contribution in [0, 0.1) is 0 Å². The molecular weight excluding hydrogens is 262 g/mol. The fourth-order valence-electron chi connectivity index (χ4n) is 1.80. The van der Waals surface area contributed by atoms with E-state index >= 15 is 0 Å². The van der Waals surface area contributed by atoms with Crippen molar-refractivity contribution >= 4 is 10.0 Å². The van der Waals surface area contributed by atoms with E-state index in [1.807, 2.05) is 44.2 Å². The van der Waals surface area contributed by atoms with Crippen LogP contribution in [0.2, 0.25) is 0 Å². The van der Waals surface area contributed by atoms with Crippen molar-refractivity contribution in [2.75, 3.05) is 19.5 Å². The van der Waals surface area contributed by atoms with E-state index in [4.69, 9.17) is 4.74 Å². The van der Waals surface area contributed by atoms with Gasteiger partial charge in [-0.1, -0.05) is 37.3 Å². The Balaban J connectivity index is 2.89. The molecule has 0 fully saturated rings. The smallest absolute Gasteiger partial charge is 0.216 e. The van der Waals surface area contributed by atoms with Crippen LogP contribution >= 0.6 is 0 Å². The Kier molecular flexibility index (Phi) is 6.48. The molecule has 0 spiro atoms. The number of benzene rings is 1. The van der Waals surface area contributed by atoms with Gasteiger partial charge in [-0.15, -0.1) is 0 Å². The van der Waals surface area contributed by atoms with Gasteiger partial charge >= 0.3 is 0 Å². The lowest BCUT2D eigenvalue weighted by Gasteiger charge is -2.27. The standard InChI is InChI=1S/C14H23NO3S/c1-4-13(2)15(19(16,17)11-10-18-3)12-14-8-6-5-7-9-14/h5-9,13H,4,10-12H2,1-3H3. The highest BCUT2D eigenvalue weighted by Crippen LogP contribution is 2.16. The minimum absolute atomic E-state index is 0.0120. The van der Waals surface area contributed by atoms with Crippen LogP contribution in [0.4, 0.5) is 0 Å². The summed E-state index contributed by atoms with van der Waals surface area (Å²) in [5.41, 5.74) is 1.00. The molecule has 5 heteroatoms. The van der Waals surface area contributed by atoms with Crippen molar-refractivity contribution < 1.29 is 13.2 Å². The molecule has 0 aliphatic heterocycles. The van der Waals surface area contributed by atoms with Crippen LogP contribution in [-0.2, 0) is 21.3 Å². The minimum Gasteiger partial charge on any atom is -0.384 e. The normalized spacial score (nSPS) is 13.7. The zero-order valence-electron chi connectivity index (χ0n) is 11.9. The van der Waals surface area contributed by atoms with Crippen molar-refractivity contribution in [3.63, 3.8) is 0 Å². The molecular formula is C14H23NO3S. The molecule has 1 rings (SSSR count). The van der Waals surface area contributed by atoms with Crippen LogP contribution in [0.5, 0.6) is 0 Å². The van der Waals surface area contributed by atoms with Crippen molar-refractivity contribution in [1.29, 1.82) is 0 Å². The molecule has 108 valence electrons. The molecule has 1 atom stereocenters. The largest absolute Gasteiger partial charge is 0.384 e. The summed E-state index contributed by atoms with van der Waals surface area (Å²) >= 11 is 0. The SMILES string of the molecule is CCC(C)N(Cc1ccccc1)S(=O)(=O)CCOC. The van der Waals surface area contributed by atoms with Gasteiger partial charge in [-0.3, -0.25) is 0 Å². The van der Waals surface area contributed by atoms with Crippen LogP contribution in [-0.4, -0.2) is 38.2 Å². The fourth-order valence-corrected chi connectivity index (χ4v) is 3.46. The summed E-state index contributed by atoms with van der Waals surface area (Å²) in [5.74, 6) is 0.0284. The van der Waals surface area contributed by atoms with Gasteiger partial charge in [0.25, 0.3) is 0 Å². The number of rotatable bonds is 8. The van der Waals surface area contributed by atoms with Gasteiger partial charge in [0.15, 0.2) is 0 Å². The van der Waals surface area contributed by atoms with Crippen LogP contribution in [0.15, 0.2) is 30.3 Å². The number of hydrogen-bond acceptors (Lipinski definition) is 3. The molecule has 0 bridgehead atoms. The molecule has 4 nitrogen and oxygen atoms in total. The Morgan fingerprint density at radius 3 is 2.42 bits per heavy atom. The molecule has 0 saturated heterocycles. The second kappa shape index (κ2) is 7.62. The van der Waals surface area contributed by atoms with Crippen molar-refractivity contribution in [3.8, 4) is 0 Å². The van der Waals surface area contributed by atoms with Crippen molar-refractivity contribution in [2.45, 2.75) is 32.9 Å². The molecule has 1 aromatic rings. The topological polar surface area (TPSA) is 46.6 Å². The second-order valence-electron chi connectivity index (χ2n) is 4.60. The van der Waals surface area contributed by atoms with Gasteiger partial charge in [-0.2, -0.15) is 4.31 Å². The maximum atomic E-state index is 12.3. The van der Waals surface area contributed by atoms with Gasteiger partial charge in [-0.05, 0) is 18.9 Å². The van der Waals surface area contributed by atoms with E-state index in [0.717, 1.165) is 12.0 Å². The predicted octanol–water partition coefficient (Wildman–Crippen LogP) is 2.26. The summed E-state index contributed by atoms with van der Waals surface area (Å²) in [6.07, 6.45) is 0.791. The van der Waals surface area contributed by atoms with E-state index in [2.05, 4.69) is 0 Å². The molecule has 0 radical (unpaired) electrons. The zero-order valence-corrected chi connectivity index (χ0v) is 12.7. The van der Waals surface area contributed by atoms with Crippen LogP contribution in [0.3, 0.4) is 0 Å². The Labute approximate surface area is 116 Å². The van der Waals surface area contributed by atoms with E-state index in [9.17, 15) is 8.42 Å². The van der Waals surface area contributed by atoms with Gasteiger partial charge in [-0.25, -0.2) is 8.42 Å². The van der Waals surface area contributed by atoms with E-state index in [-0.39, 0.29) is 18.4 Å². The highest BCUT2D eigenvalue weighted by molar-refractivity contribution is 7.89. The third kappa shape index (κ3) is 4.93. The molecule has 1 aromatic carbocycles. The lowest BCUT2D eigenvalue weighted by atomic mass is 10.2. The maximum absolute atomic E-state index is 12.3. The van der Waals surface area contributed by atoms with E-state index in [1.165, 1.54) is 7.11 Å². The molecule has 0 heterocycles. The third-order valence-electron chi connectivity index (χ3n) is 3.17. The van der Waals surface area contributed by atoms with E-state index < -0.39 is 10.0 Å². The predicted molar refractivity (Wildman–Crippen MR) is 77.4 cm³/mol. The van der Waals surface area contributed by atoms with Crippen molar-refractivity contribution in [3.05, 3.63) is 35.9 Å². The van der Waals surface area contributed by atoms with Gasteiger partial charge in [0.2, 0.25) is 10.0 Å². The Bertz CT molecular complexity index is 459. The van der Waals surface area contributed by atoms with Gasteiger partial charge in [0.05, 0.1) is 12.4 Å². The molecule has 1 unspecified atom stereocenters. The Morgan fingerprint density at radius 2 is 1.89 bits per heavy atom. The lowest BCUT2D eigenvalue weighted by molar-refractivity contribution is 0.214. The van der Waals surface area contributed by atoms with Crippen LogP contribution in [0.25, 0.3) is 0 Å². The molecule has 0 aliphatic carbocycles. The summed E-state index contributed by atoms with van der Waals surface area (Å²) in [6.45, 7) is 4.58. The van der Waals surface area contributed by atoms with Gasteiger partial charge in [0, 0.05) is 19.7 Å². The average Bonchev–Trinajstić information content (AvgIpc) is 2.42. The van der Waals surface area contributed by atoms with Crippen LogP contribution < -0.4 is 0 Å². The molecule has 0 saturated carbocycles. The molecule has 0 N–H and O–H groups in total. The van der Waals surface area contributed by atoms with E-state index in [0.29, 0.717) is 6.54 Å². The number of nitrogens with zero attached hydrogens (tertiary/aromatic N) is 1. The lowest BCUT2D eigenvalue weighted by Crippen LogP contribution is -2.40. The Morgan fingerprint density at radius 1 is 1.26 bits per heavy atom. The second-order valence-corrected chi connectivity index (χ2v) is 6.64. The van der Waals surface area contributed by atoms with Crippen molar-refractivity contribution in [1.82, 2.24) is 4.31 Å². The highest BCUT2D eigenvalue weighted by Gasteiger charge is 2.26. The summed E-state index contributed by atoms with van der Waals surface area (Å²) in [7, 11) is -1.77. The summed E-state index contributed by atoms with van der Waals surface area (Å²) in [6, 6.07) is 9.65. The summed E-state index contributed by atoms with van der Waals surface area (Å²) in [4.78, 5) is 0. The number of hydrogen-bond donors (Lipinski definition) is 0. The molecule has 0 aliphatic rings. The van der Waals surface area contributed by atoms with Crippen molar-refractivity contribution in [2.24, 2.45) is 0 Å². The number of sulfonamides is 1. The monoisotopic (exact) mass is 285 g/mol. The maximum Gasteiger partial charge on any atom is 0.216 e. The minimum atomic E-state index is -3.29. The van der Waals surface area contributed by atoms with Crippen LogP contribution in [0.1, 0.15) is 25.8 Å². The molecule has 19 heavy (non-hydrogen) atoms. The van der Waals surface area contributed by atoms with Gasteiger partial charge in [0.1, 0.15) is 0 Å². The highest BCUT2D eigenvalue weighted by atomic mass is 32.2. The first-order chi connectivity index (χ1) is 9.01. The summed E-state index contributed by atoms with van der Waals surface area (Å²) in [5, 5.41) is 0. The quantitative estimate of drug-likeness (QED) is 0.736. The van der Waals surface area contributed by atoms with Gasteiger partial charge < -0.3 is 4.74 Å². The molecule has 0 amide bonds. The first kappa shape index (κ1) is 16.1. The Hall–Kier alpha value is -0.910. The number of ether oxygens (including phenoxy) is 1. The zero-order chi connectivity index (χ0) is 14.3.